The molecule has 0 N–H and O–H groups in total. The molecule has 2 heteroatoms. The molecule has 11 rings (SSSR count). The van der Waals surface area contributed by atoms with Gasteiger partial charge in [-0.05, 0) is 141 Å². The number of fused-ring (bicyclic) bond motifs is 12. The Morgan fingerprint density at radius 2 is 0.683 bits per heavy atom. The van der Waals surface area contributed by atoms with Crippen LogP contribution in [0, 0.1) is 13.8 Å². The predicted octanol–water partition coefficient (Wildman–Crippen LogP) is 15.7. The van der Waals surface area contributed by atoms with Gasteiger partial charge in [0.25, 0.3) is 0 Å². The maximum atomic E-state index is 2.55. The number of aromatic nitrogens is 2. The van der Waals surface area contributed by atoms with Gasteiger partial charge in [-0.3, -0.25) is 0 Å². The van der Waals surface area contributed by atoms with Gasteiger partial charge in [0.15, 0.2) is 0 Å². The molecule has 2 aromatic heterocycles. The molecule has 2 nitrogen and oxygen atoms in total. The number of aryl methyl sites for hydroxylation is 2. The first-order valence-electron chi connectivity index (χ1n) is 21.9. The van der Waals surface area contributed by atoms with Crippen LogP contribution in [0.2, 0.25) is 0 Å². The molecule has 0 fully saturated rings. The van der Waals surface area contributed by atoms with E-state index in [1.165, 1.54) is 122 Å². The minimum absolute atomic E-state index is 0.0137. The van der Waals surface area contributed by atoms with Crippen molar-refractivity contribution in [2.24, 2.45) is 0 Å². The lowest BCUT2D eigenvalue weighted by molar-refractivity contribution is 0.591. The summed E-state index contributed by atoms with van der Waals surface area (Å²) in [5.74, 6) is 0. The van der Waals surface area contributed by atoms with Crippen LogP contribution in [0.15, 0.2) is 121 Å². The summed E-state index contributed by atoms with van der Waals surface area (Å²) in [4.78, 5) is 0. The van der Waals surface area contributed by atoms with E-state index >= 15 is 0 Å². The van der Waals surface area contributed by atoms with E-state index in [0.29, 0.717) is 0 Å². The van der Waals surface area contributed by atoms with Crippen LogP contribution < -0.4 is 0 Å². The van der Waals surface area contributed by atoms with Gasteiger partial charge in [-0.2, -0.15) is 0 Å². The first-order chi connectivity index (χ1) is 28.3. The van der Waals surface area contributed by atoms with Crippen LogP contribution in [0.1, 0.15) is 114 Å². The largest absolute Gasteiger partial charge is 0.309 e. The van der Waals surface area contributed by atoms with Crippen LogP contribution >= 0.6 is 0 Å². The van der Waals surface area contributed by atoms with Gasteiger partial charge in [0, 0.05) is 43.7 Å². The quantitative estimate of drug-likeness (QED) is 0.165. The minimum atomic E-state index is -0.0977. The summed E-state index contributed by atoms with van der Waals surface area (Å²) in [6.07, 6.45) is 0. The lowest BCUT2D eigenvalue weighted by Crippen LogP contribution is -2.15. The smallest absolute Gasteiger partial charge is 0.0548 e. The summed E-state index contributed by atoms with van der Waals surface area (Å²) >= 11 is 0. The summed E-state index contributed by atoms with van der Waals surface area (Å²) in [5.41, 5.74) is 23.6. The molecule has 0 spiro atoms. The van der Waals surface area contributed by atoms with Crippen molar-refractivity contribution in [3.63, 3.8) is 0 Å². The van der Waals surface area contributed by atoms with Crippen molar-refractivity contribution >= 4 is 43.6 Å². The van der Waals surface area contributed by atoms with Crippen LogP contribution in [0.25, 0.3) is 77.2 Å². The number of benzene rings is 7. The maximum absolute atomic E-state index is 2.55. The zero-order valence-corrected chi connectivity index (χ0v) is 37.4. The molecule has 0 saturated heterocycles. The Hall–Kier alpha value is -5.86. The molecule has 0 radical (unpaired) electrons. The minimum Gasteiger partial charge on any atom is -0.309 e. The van der Waals surface area contributed by atoms with Gasteiger partial charge in [-0.15, -0.1) is 0 Å². The molecule has 298 valence electrons. The Labute approximate surface area is 355 Å². The molecule has 7 aromatic carbocycles. The first-order valence-corrected chi connectivity index (χ1v) is 21.9. The van der Waals surface area contributed by atoms with E-state index in [1.807, 2.05) is 0 Å². The topological polar surface area (TPSA) is 9.86 Å². The molecule has 0 unspecified atom stereocenters. The number of nitrogens with zero attached hydrogens (tertiary/aromatic N) is 2. The van der Waals surface area contributed by atoms with E-state index in [9.17, 15) is 0 Å². The van der Waals surface area contributed by atoms with Crippen LogP contribution in [0.4, 0.5) is 0 Å². The van der Waals surface area contributed by atoms with E-state index in [1.54, 1.807) is 0 Å². The molecule has 0 atom stereocenters. The van der Waals surface area contributed by atoms with Gasteiger partial charge >= 0.3 is 0 Å². The number of rotatable bonds is 2. The summed E-state index contributed by atoms with van der Waals surface area (Å²) in [6, 6.07) is 47.8. The fourth-order valence-electron chi connectivity index (χ4n) is 11.0. The second-order valence-corrected chi connectivity index (χ2v) is 21.3. The molecule has 2 aliphatic rings. The first kappa shape index (κ1) is 37.2. The summed E-state index contributed by atoms with van der Waals surface area (Å²) < 4.78 is 5.10. The number of hydrogen-bond acceptors (Lipinski definition) is 0. The van der Waals surface area contributed by atoms with Crippen molar-refractivity contribution in [3.05, 3.63) is 166 Å². The molecular weight excluding hydrogens is 725 g/mol. The third kappa shape index (κ3) is 5.06. The van der Waals surface area contributed by atoms with Gasteiger partial charge in [-0.25, -0.2) is 0 Å². The predicted molar refractivity (Wildman–Crippen MR) is 257 cm³/mol. The molecule has 0 bridgehead atoms. The molecule has 0 aliphatic heterocycles. The normalized spacial score (nSPS) is 15.3. The summed E-state index contributed by atoms with van der Waals surface area (Å²) in [5, 5.41) is 5.16. The Bertz CT molecular complexity index is 3120. The third-order valence-corrected chi connectivity index (χ3v) is 14.5. The van der Waals surface area contributed by atoms with Crippen molar-refractivity contribution in [1.82, 2.24) is 9.13 Å². The average Bonchev–Trinajstić information content (AvgIpc) is 3.83. The Kier molecular flexibility index (Phi) is 7.38. The second-order valence-electron chi connectivity index (χ2n) is 21.3. The molecule has 60 heavy (non-hydrogen) atoms. The van der Waals surface area contributed by atoms with Gasteiger partial charge in [0.2, 0.25) is 0 Å². The van der Waals surface area contributed by atoms with Crippen molar-refractivity contribution in [2.75, 3.05) is 0 Å². The fourth-order valence-corrected chi connectivity index (χ4v) is 11.0. The highest BCUT2D eigenvalue weighted by Gasteiger charge is 2.37. The fraction of sp³-hybridized carbons (Fsp3) is 0.276. The van der Waals surface area contributed by atoms with Crippen molar-refractivity contribution in [1.29, 1.82) is 0 Å². The second kappa shape index (κ2) is 11.9. The van der Waals surface area contributed by atoms with Gasteiger partial charge < -0.3 is 9.13 Å². The molecular formula is C58H56N2. The van der Waals surface area contributed by atoms with Crippen LogP contribution in [-0.4, -0.2) is 9.13 Å². The van der Waals surface area contributed by atoms with Crippen LogP contribution in [-0.2, 0) is 21.7 Å². The Morgan fingerprint density at radius 1 is 0.350 bits per heavy atom. The highest BCUT2D eigenvalue weighted by atomic mass is 15.0. The monoisotopic (exact) mass is 780 g/mol. The van der Waals surface area contributed by atoms with Crippen LogP contribution in [0.3, 0.4) is 0 Å². The standard InChI is InChI=1S/C58H56N2/c1-33-13-19-39-41-21-17-37(29-49(41)57(9,10)47(39)25-33)59-51-23-15-35(55(3,4)5)27-43(51)45-32-54-46(31-53(45)59)44-28-36(56(6,7)8)16-24-52(44)60(54)38-18-22-42-40-20-14-34(2)26-48(40)58(11,12)50(42)30-38/h13-32H,1-12H3. The van der Waals surface area contributed by atoms with E-state index < -0.39 is 0 Å². The highest BCUT2D eigenvalue weighted by Crippen LogP contribution is 2.52. The van der Waals surface area contributed by atoms with E-state index in [0.717, 1.165) is 0 Å². The van der Waals surface area contributed by atoms with Crippen molar-refractivity contribution < 1.29 is 0 Å². The maximum Gasteiger partial charge on any atom is 0.0548 e. The van der Waals surface area contributed by atoms with Crippen LogP contribution in [0.5, 0.6) is 0 Å². The Balaban J connectivity index is 1.22. The Morgan fingerprint density at radius 3 is 1.05 bits per heavy atom. The zero-order chi connectivity index (χ0) is 42.0. The summed E-state index contributed by atoms with van der Waals surface area (Å²) in [6.45, 7) is 28.0. The molecule has 2 heterocycles. The van der Waals surface area contributed by atoms with Crippen molar-refractivity contribution in [2.45, 2.75) is 105 Å². The molecule has 2 aliphatic carbocycles. The van der Waals surface area contributed by atoms with E-state index in [2.05, 4.69) is 214 Å². The van der Waals surface area contributed by atoms with E-state index in [-0.39, 0.29) is 21.7 Å². The molecule has 9 aromatic rings. The van der Waals surface area contributed by atoms with E-state index in [4.69, 9.17) is 0 Å². The van der Waals surface area contributed by atoms with Crippen molar-refractivity contribution in [3.8, 4) is 33.6 Å². The lowest BCUT2D eigenvalue weighted by Gasteiger charge is -2.23. The van der Waals surface area contributed by atoms with Gasteiger partial charge in [0.05, 0.1) is 22.1 Å². The van der Waals surface area contributed by atoms with Gasteiger partial charge in [0.1, 0.15) is 0 Å². The lowest BCUT2D eigenvalue weighted by atomic mass is 9.82. The average molecular weight is 781 g/mol. The summed E-state index contributed by atoms with van der Waals surface area (Å²) in [7, 11) is 0. The SMILES string of the molecule is Cc1ccc2c(c1)C(C)(C)c1cc(-n3c4ccc(C(C)(C)C)cc4c4cc5c(cc43)c3cc(C(C)(C)C)ccc3n5-c3ccc4c(c3)C(C)(C)c3cc(C)ccc3-4)ccc1-2. The molecule has 0 saturated carbocycles. The van der Waals surface area contributed by atoms with Gasteiger partial charge in [-0.1, -0.05) is 141 Å². The zero-order valence-electron chi connectivity index (χ0n) is 37.4. The molecule has 0 amide bonds. The third-order valence-electron chi connectivity index (χ3n) is 14.5. The number of hydrogen-bond donors (Lipinski definition) is 0. The highest BCUT2D eigenvalue weighted by molar-refractivity contribution is 6.19.